The summed E-state index contributed by atoms with van der Waals surface area (Å²) in [5.41, 5.74) is 2.63. The molecule has 0 fully saturated rings. The van der Waals surface area contributed by atoms with Crippen molar-refractivity contribution in [1.29, 1.82) is 0 Å². The van der Waals surface area contributed by atoms with Crippen LogP contribution in [0.3, 0.4) is 0 Å². The molecule has 2 nitrogen and oxygen atoms in total. The quantitative estimate of drug-likeness (QED) is 0.564. The molecule has 0 aliphatic heterocycles. The van der Waals surface area contributed by atoms with E-state index in [1.165, 1.54) is 6.07 Å². The Hall–Kier alpha value is -1.71. The third-order valence-corrected chi connectivity index (χ3v) is 4.22. The average Bonchev–Trinajstić information content (AvgIpc) is 2.46. The number of nitrogens with zero attached hydrogens (tertiary/aromatic N) is 2. The van der Waals surface area contributed by atoms with Crippen LogP contribution in [0.15, 0.2) is 30.3 Å². The monoisotopic (exact) mass is 320 g/mol. The van der Waals surface area contributed by atoms with Gasteiger partial charge in [-0.2, -0.15) is 0 Å². The lowest BCUT2D eigenvalue weighted by Crippen LogP contribution is -1.97. The molecule has 0 bridgehead atoms. The molecule has 0 aliphatic carbocycles. The second kappa shape index (κ2) is 5.24. The second-order valence-electron chi connectivity index (χ2n) is 4.82. The molecule has 3 rings (SSSR count). The maximum absolute atomic E-state index is 13.7. The summed E-state index contributed by atoms with van der Waals surface area (Å²) in [4.78, 5) is 8.79. The average molecular weight is 321 g/mol. The number of halogens is 3. The number of hydrogen-bond acceptors (Lipinski definition) is 2. The summed E-state index contributed by atoms with van der Waals surface area (Å²) in [5.74, 6) is 0.132. The molecule has 106 valence electrons. The van der Waals surface area contributed by atoms with Crippen LogP contribution in [0.1, 0.15) is 11.1 Å². The van der Waals surface area contributed by atoms with Crippen molar-refractivity contribution in [3.8, 4) is 11.4 Å². The molecule has 0 atom stereocenters. The Morgan fingerprint density at radius 1 is 0.952 bits per heavy atom. The van der Waals surface area contributed by atoms with Gasteiger partial charge in [-0.15, -0.1) is 0 Å². The zero-order valence-corrected chi connectivity index (χ0v) is 12.9. The van der Waals surface area contributed by atoms with Gasteiger partial charge in [0.25, 0.3) is 0 Å². The summed E-state index contributed by atoms with van der Waals surface area (Å²) >= 11 is 12.4. The van der Waals surface area contributed by atoms with E-state index in [4.69, 9.17) is 23.2 Å². The summed E-state index contributed by atoms with van der Waals surface area (Å²) < 4.78 is 13.7. The van der Waals surface area contributed by atoms with Crippen molar-refractivity contribution in [2.75, 3.05) is 0 Å². The first-order valence-electron chi connectivity index (χ1n) is 6.37. The lowest BCUT2D eigenvalue weighted by atomic mass is 10.1. The summed E-state index contributed by atoms with van der Waals surface area (Å²) in [5, 5.41) is 1.57. The number of aromatic nitrogens is 2. The van der Waals surface area contributed by atoms with Gasteiger partial charge in [0.05, 0.1) is 5.52 Å². The Bertz CT molecular complexity index is 863. The molecule has 0 amide bonds. The third-order valence-electron chi connectivity index (χ3n) is 3.52. The Morgan fingerprint density at radius 3 is 2.48 bits per heavy atom. The summed E-state index contributed by atoms with van der Waals surface area (Å²) in [7, 11) is 0. The van der Waals surface area contributed by atoms with Gasteiger partial charge in [0.15, 0.2) is 5.82 Å². The van der Waals surface area contributed by atoms with Crippen LogP contribution >= 0.6 is 23.2 Å². The van der Waals surface area contributed by atoms with E-state index >= 15 is 0 Å². The van der Waals surface area contributed by atoms with Crippen LogP contribution in [-0.4, -0.2) is 9.97 Å². The molecule has 1 aromatic heterocycles. The molecule has 0 saturated heterocycles. The molecule has 0 N–H and O–H groups in total. The van der Waals surface area contributed by atoms with E-state index in [0.717, 1.165) is 11.1 Å². The second-order valence-corrected chi connectivity index (χ2v) is 5.58. The SMILES string of the molecule is Cc1c(Cl)cccc1-c1nc(Cl)c2ccc(F)c(C)c2n1. The van der Waals surface area contributed by atoms with Crippen LogP contribution in [0, 0.1) is 19.7 Å². The molecular formula is C16H11Cl2FN2. The summed E-state index contributed by atoms with van der Waals surface area (Å²) in [6, 6.07) is 8.46. The first kappa shape index (κ1) is 14.2. The van der Waals surface area contributed by atoms with Crippen molar-refractivity contribution < 1.29 is 4.39 Å². The van der Waals surface area contributed by atoms with E-state index in [1.54, 1.807) is 19.1 Å². The summed E-state index contributed by atoms with van der Waals surface area (Å²) in [6.07, 6.45) is 0. The highest BCUT2D eigenvalue weighted by molar-refractivity contribution is 6.34. The normalized spacial score (nSPS) is 11.1. The first-order chi connectivity index (χ1) is 9.99. The molecule has 0 aliphatic rings. The van der Waals surface area contributed by atoms with E-state index in [2.05, 4.69) is 9.97 Å². The number of fused-ring (bicyclic) bond motifs is 1. The van der Waals surface area contributed by atoms with Crippen molar-refractivity contribution in [2.45, 2.75) is 13.8 Å². The molecule has 1 heterocycles. The van der Waals surface area contributed by atoms with Crippen molar-refractivity contribution in [1.82, 2.24) is 9.97 Å². The van der Waals surface area contributed by atoms with E-state index in [9.17, 15) is 4.39 Å². The van der Waals surface area contributed by atoms with Crippen LogP contribution in [0.4, 0.5) is 4.39 Å². The van der Waals surface area contributed by atoms with E-state index in [0.29, 0.717) is 32.5 Å². The number of rotatable bonds is 1. The van der Waals surface area contributed by atoms with Crippen molar-refractivity contribution in [3.63, 3.8) is 0 Å². The van der Waals surface area contributed by atoms with Crippen LogP contribution in [0.5, 0.6) is 0 Å². The number of aryl methyl sites for hydroxylation is 1. The fourth-order valence-corrected chi connectivity index (χ4v) is 2.65. The van der Waals surface area contributed by atoms with Crippen molar-refractivity contribution in [3.05, 3.63) is 57.5 Å². The lowest BCUT2D eigenvalue weighted by molar-refractivity contribution is 0.620. The van der Waals surface area contributed by atoms with Gasteiger partial charge < -0.3 is 0 Å². The fourth-order valence-electron chi connectivity index (χ4n) is 2.24. The molecule has 21 heavy (non-hydrogen) atoms. The fraction of sp³-hybridized carbons (Fsp3) is 0.125. The zero-order chi connectivity index (χ0) is 15.1. The number of benzene rings is 2. The standard InChI is InChI=1S/C16H11Cl2FN2/c1-8-10(4-3-5-12(8)17)16-20-14-9(2)13(19)7-6-11(14)15(18)21-16/h3-7H,1-2H3. The van der Waals surface area contributed by atoms with Gasteiger partial charge in [0, 0.05) is 21.5 Å². The van der Waals surface area contributed by atoms with Gasteiger partial charge in [-0.25, -0.2) is 14.4 Å². The Kier molecular flexibility index (Phi) is 3.56. The van der Waals surface area contributed by atoms with E-state index in [-0.39, 0.29) is 5.82 Å². The van der Waals surface area contributed by atoms with Crippen LogP contribution in [0.25, 0.3) is 22.3 Å². The van der Waals surface area contributed by atoms with Crippen LogP contribution < -0.4 is 0 Å². The topological polar surface area (TPSA) is 25.8 Å². The van der Waals surface area contributed by atoms with Gasteiger partial charge in [-0.3, -0.25) is 0 Å². The molecule has 0 unspecified atom stereocenters. The zero-order valence-electron chi connectivity index (χ0n) is 11.4. The van der Waals surface area contributed by atoms with Gasteiger partial charge in [0.2, 0.25) is 0 Å². The molecular weight excluding hydrogens is 310 g/mol. The minimum atomic E-state index is -0.314. The lowest BCUT2D eigenvalue weighted by Gasteiger charge is -2.10. The minimum Gasteiger partial charge on any atom is -0.227 e. The van der Waals surface area contributed by atoms with Gasteiger partial charge >= 0.3 is 0 Å². The third kappa shape index (κ3) is 2.37. The van der Waals surface area contributed by atoms with Crippen molar-refractivity contribution in [2.24, 2.45) is 0 Å². The predicted octanol–water partition coefficient (Wildman–Crippen LogP) is 5.36. The highest BCUT2D eigenvalue weighted by atomic mass is 35.5. The van der Waals surface area contributed by atoms with E-state index in [1.807, 2.05) is 19.1 Å². The molecule has 5 heteroatoms. The smallest absolute Gasteiger partial charge is 0.161 e. The Balaban J connectivity index is 2.35. The molecule has 0 radical (unpaired) electrons. The first-order valence-corrected chi connectivity index (χ1v) is 7.12. The minimum absolute atomic E-state index is 0.303. The maximum Gasteiger partial charge on any atom is 0.161 e. The Morgan fingerprint density at radius 2 is 1.71 bits per heavy atom. The van der Waals surface area contributed by atoms with Crippen LogP contribution in [0.2, 0.25) is 10.2 Å². The van der Waals surface area contributed by atoms with Gasteiger partial charge in [-0.05, 0) is 37.6 Å². The number of hydrogen-bond donors (Lipinski definition) is 0. The highest BCUT2D eigenvalue weighted by Crippen LogP contribution is 2.31. The summed E-state index contributed by atoms with van der Waals surface area (Å²) in [6.45, 7) is 3.56. The Labute approximate surface area is 131 Å². The van der Waals surface area contributed by atoms with Gasteiger partial charge in [-0.1, -0.05) is 35.3 Å². The largest absolute Gasteiger partial charge is 0.227 e. The molecule has 0 spiro atoms. The van der Waals surface area contributed by atoms with Crippen molar-refractivity contribution >= 4 is 34.1 Å². The predicted molar refractivity (Wildman–Crippen MR) is 84.4 cm³/mol. The highest BCUT2D eigenvalue weighted by Gasteiger charge is 2.14. The molecule has 2 aromatic carbocycles. The van der Waals surface area contributed by atoms with Gasteiger partial charge in [0.1, 0.15) is 11.0 Å². The van der Waals surface area contributed by atoms with Crippen LogP contribution in [-0.2, 0) is 0 Å². The molecule has 3 aromatic rings. The molecule has 0 saturated carbocycles. The maximum atomic E-state index is 13.7. The van der Waals surface area contributed by atoms with E-state index < -0.39 is 0 Å².